The van der Waals surface area contributed by atoms with Crippen molar-refractivity contribution in [3.63, 3.8) is 0 Å². The minimum absolute atomic E-state index is 0.0150. The van der Waals surface area contributed by atoms with Crippen LogP contribution in [0.15, 0.2) is 52.9 Å². The first-order valence-electron chi connectivity index (χ1n) is 20.4. The van der Waals surface area contributed by atoms with Gasteiger partial charge in [0.25, 0.3) is 5.91 Å². The van der Waals surface area contributed by atoms with Crippen LogP contribution in [0.3, 0.4) is 0 Å². The molecule has 56 heavy (non-hydrogen) atoms. The van der Waals surface area contributed by atoms with Gasteiger partial charge in [-0.3, -0.25) is 9.52 Å². The number of ether oxygens (including phenoxy) is 4. The van der Waals surface area contributed by atoms with Crippen molar-refractivity contribution in [2.24, 2.45) is 22.1 Å². The van der Waals surface area contributed by atoms with Crippen LogP contribution in [0, 0.1) is 17.8 Å². The number of hydrogen-bond donors (Lipinski definition) is 1. The van der Waals surface area contributed by atoms with Gasteiger partial charge in [0.15, 0.2) is 0 Å². The number of fused-ring (bicyclic) bond motifs is 3. The summed E-state index contributed by atoms with van der Waals surface area (Å²) in [5.41, 5.74) is 3.32. The summed E-state index contributed by atoms with van der Waals surface area (Å²) >= 11 is 6.46. The summed E-state index contributed by atoms with van der Waals surface area (Å²) < 4.78 is 45.3. The Morgan fingerprint density at radius 1 is 1.09 bits per heavy atom. The first-order chi connectivity index (χ1) is 26.9. The summed E-state index contributed by atoms with van der Waals surface area (Å²) in [6.07, 6.45) is 8.87. The number of allylic oxidation sites excluding steroid dienone is 1. The second-order valence-corrected chi connectivity index (χ2v) is 18.2. The van der Waals surface area contributed by atoms with E-state index in [0.29, 0.717) is 76.6 Å². The van der Waals surface area contributed by atoms with Crippen molar-refractivity contribution in [2.45, 2.75) is 90.8 Å². The third-order valence-corrected chi connectivity index (χ3v) is 13.9. The molecular formula is C43H63ClN4O7S. The molecule has 1 saturated heterocycles. The van der Waals surface area contributed by atoms with E-state index in [2.05, 4.69) is 52.1 Å². The molecule has 1 N–H and O–H groups in total. The number of amides is 3. The zero-order valence-electron chi connectivity index (χ0n) is 34.4. The van der Waals surface area contributed by atoms with Crippen LogP contribution in [-0.4, -0.2) is 99.2 Å². The van der Waals surface area contributed by atoms with E-state index in [-0.39, 0.29) is 41.1 Å². The summed E-state index contributed by atoms with van der Waals surface area (Å²) in [5.74, 6) is 0.284. The molecule has 2 bridgehead atoms. The lowest BCUT2D eigenvalue weighted by Crippen LogP contribution is -2.48. The Morgan fingerprint density at radius 2 is 1.86 bits per heavy atom. The number of benzene rings is 2. The third kappa shape index (κ3) is 10.7. The first-order valence-corrected chi connectivity index (χ1v) is 22.5. The quantitative estimate of drug-likeness (QED) is 0.230. The van der Waals surface area contributed by atoms with E-state index in [1.54, 1.807) is 25.2 Å². The number of halogens is 1. The minimum atomic E-state index is -3.52. The number of piperidine rings is 1. The van der Waals surface area contributed by atoms with E-state index >= 15 is 0 Å². The molecule has 1 spiro atoms. The van der Waals surface area contributed by atoms with Gasteiger partial charge in [-0.25, -0.2) is 9.00 Å². The van der Waals surface area contributed by atoms with Crippen LogP contribution in [0.5, 0.6) is 5.75 Å². The van der Waals surface area contributed by atoms with E-state index in [1.807, 2.05) is 39.0 Å². The fraction of sp³-hybridized carbons (Fsp3) is 0.628. The molecule has 310 valence electrons. The van der Waals surface area contributed by atoms with E-state index < -0.39 is 21.9 Å². The Bertz CT molecular complexity index is 1810. The number of likely N-dealkylation sites (tertiary alicyclic amines) is 1. The highest BCUT2D eigenvalue weighted by Gasteiger charge is 2.42. The molecular weight excluding hydrogens is 752 g/mol. The van der Waals surface area contributed by atoms with Gasteiger partial charge in [-0.1, -0.05) is 64.4 Å². The van der Waals surface area contributed by atoms with Gasteiger partial charge in [0.1, 0.15) is 15.7 Å². The Labute approximate surface area is 340 Å². The van der Waals surface area contributed by atoms with Gasteiger partial charge in [0.2, 0.25) is 0 Å². The number of anilines is 1. The third-order valence-electron chi connectivity index (χ3n) is 11.7. The van der Waals surface area contributed by atoms with Crippen LogP contribution in [0.2, 0.25) is 5.02 Å². The van der Waals surface area contributed by atoms with Gasteiger partial charge in [0.05, 0.1) is 43.5 Å². The summed E-state index contributed by atoms with van der Waals surface area (Å²) in [6.45, 7) is 14.2. The van der Waals surface area contributed by atoms with E-state index in [9.17, 15) is 13.8 Å². The Kier molecular flexibility index (Phi) is 15.7. The number of rotatable bonds is 6. The maximum Gasteiger partial charge on any atom is 0.329 e. The van der Waals surface area contributed by atoms with Gasteiger partial charge >= 0.3 is 6.03 Å². The molecule has 1 unspecified atom stereocenters. The van der Waals surface area contributed by atoms with Crippen molar-refractivity contribution < 1.29 is 32.7 Å². The second kappa shape index (κ2) is 20.0. The largest absolute Gasteiger partial charge is 0.490 e. The zero-order valence-corrected chi connectivity index (χ0v) is 36.0. The lowest BCUT2D eigenvalue weighted by molar-refractivity contribution is -0.00891. The molecule has 2 aromatic carbocycles. The Morgan fingerprint density at radius 3 is 2.59 bits per heavy atom. The van der Waals surface area contributed by atoms with Crippen molar-refractivity contribution >= 4 is 39.1 Å². The van der Waals surface area contributed by atoms with Crippen molar-refractivity contribution in [2.75, 3.05) is 70.9 Å². The highest BCUT2D eigenvalue weighted by Crippen LogP contribution is 2.45. The number of nitrogens with zero attached hydrogens (tertiary/aromatic N) is 3. The molecule has 0 radical (unpaired) electrons. The van der Waals surface area contributed by atoms with E-state index in [4.69, 9.17) is 30.5 Å². The molecule has 2 aromatic rings. The predicted octanol–water partition coefficient (Wildman–Crippen LogP) is 8.08. The van der Waals surface area contributed by atoms with Crippen LogP contribution in [-0.2, 0) is 36.0 Å². The molecule has 6 atom stereocenters. The SMILES string of the molecule is CC.COCCOC1CCN(C(=O)NS2(=O)=NC(=O)c3ccc4c(c3)N(C[C@H](C)[C@@H](C)[C@@H](OC)/C=C/C[C@H](C)C2)C[C@@]2(CCCc3cc(Cl)ccc32)CO4)CC1. The fourth-order valence-corrected chi connectivity index (χ4v) is 10.5. The highest BCUT2D eigenvalue weighted by molar-refractivity contribution is 7.92. The minimum Gasteiger partial charge on any atom is -0.490 e. The van der Waals surface area contributed by atoms with Crippen LogP contribution >= 0.6 is 11.6 Å². The summed E-state index contributed by atoms with van der Waals surface area (Å²) in [6, 6.07) is 11.1. The van der Waals surface area contributed by atoms with Crippen LogP contribution < -0.4 is 14.4 Å². The van der Waals surface area contributed by atoms with Gasteiger partial charge in [-0.05, 0) is 97.7 Å². The topological polar surface area (TPSA) is 119 Å². The summed E-state index contributed by atoms with van der Waals surface area (Å²) in [7, 11) is -0.147. The number of aryl methyl sites for hydroxylation is 1. The molecule has 0 aromatic heterocycles. The number of hydrogen-bond acceptors (Lipinski definition) is 8. The van der Waals surface area contributed by atoms with E-state index in [1.165, 1.54) is 11.1 Å². The summed E-state index contributed by atoms with van der Waals surface area (Å²) in [5, 5.41) is 0.733. The number of urea groups is 1. The average Bonchev–Trinajstić information content (AvgIpc) is 3.33. The molecule has 11 nitrogen and oxygen atoms in total. The molecule has 0 saturated carbocycles. The first kappa shape index (κ1) is 44.0. The lowest BCUT2D eigenvalue weighted by atomic mass is 9.70. The standard InChI is InChI=1S/C41H57ClN4O7S.C2H6/c1-28-8-6-10-37(51-5)30(3)29(2)24-46-26-41(17-7-9-31-22-33(42)12-13-35(31)41)27-53-38-14-11-32(23-36(38)46)39(47)43-54(49,25-28)44-40(48)45-18-15-34(16-19-45)52-21-20-50-4;1-2/h6,10-14,22-23,28-30,34,37H,7-9,15-21,24-27H2,1-5H3,(H,43,44,47,48,49);1-2H3/b10-6+;/t28-,29-,30+,37-,41-,54?;/m0./s1. The normalized spacial score (nSPS) is 29.2. The van der Waals surface area contributed by atoms with Crippen LogP contribution in [0.4, 0.5) is 10.5 Å². The zero-order chi connectivity index (χ0) is 40.5. The van der Waals surface area contributed by atoms with Crippen LogP contribution in [0.25, 0.3) is 0 Å². The van der Waals surface area contributed by atoms with Crippen molar-refractivity contribution in [3.05, 3.63) is 70.3 Å². The number of carbonyl (C=O) groups excluding carboxylic acids is 2. The molecule has 1 fully saturated rings. The fourth-order valence-electron chi connectivity index (χ4n) is 8.46. The van der Waals surface area contributed by atoms with Crippen LogP contribution in [0.1, 0.15) is 88.2 Å². The average molecular weight is 816 g/mol. The van der Waals surface area contributed by atoms with Crippen molar-refractivity contribution in [1.82, 2.24) is 9.62 Å². The van der Waals surface area contributed by atoms with E-state index in [0.717, 1.165) is 30.0 Å². The number of nitrogens with one attached hydrogen (secondary N) is 1. The molecule has 3 aliphatic heterocycles. The van der Waals surface area contributed by atoms with Gasteiger partial charge in [0, 0.05) is 56.4 Å². The molecule has 3 heterocycles. The van der Waals surface area contributed by atoms with Gasteiger partial charge < -0.3 is 28.7 Å². The summed E-state index contributed by atoms with van der Waals surface area (Å²) in [4.78, 5) is 31.7. The maximum absolute atomic E-state index is 14.7. The second-order valence-electron chi connectivity index (χ2n) is 15.8. The lowest BCUT2D eigenvalue weighted by Gasteiger charge is -2.42. The monoisotopic (exact) mass is 814 g/mol. The molecule has 6 rings (SSSR count). The molecule has 13 heteroatoms. The highest BCUT2D eigenvalue weighted by atomic mass is 35.5. The van der Waals surface area contributed by atoms with Gasteiger partial charge in [-0.2, -0.15) is 0 Å². The van der Waals surface area contributed by atoms with Gasteiger partial charge in [-0.15, -0.1) is 4.36 Å². The predicted molar refractivity (Wildman–Crippen MR) is 224 cm³/mol. The molecule has 3 amide bonds. The Hall–Kier alpha value is -3.16. The number of methoxy groups -OCH3 is 2. The smallest absolute Gasteiger partial charge is 0.329 e. The van der Waals surface area contributed by atoms with Crippen molar-refractivity contribution in [3.8, 4) is 5.75 Å². The molecule has 1 aliphatic carbocycles. The molecule has 4 aliphatic rings. The Balaban J connectivity index is 0.00000295. The van der Waals surface area contributed by atoms with Crippen molar-refractivity contribution in [1.29, 1.82) is 0 Å². The maximum atomic E-state index is 14.7. The number of carbonyl (C=O) groups is 2.